The van der Waals surface area contributed by atoms with E-state index in [-0.39, 0.29) is 24.0 Å². The Labute approximate surface area is 128 Å². The molecule has 116 valence electrons. The second-order valence-corrected chi connectivity index (χ2v) is 7.26. The first kappa shape index (κ1) is 15.9. The van der Waals surface area contributed by atoms with Crippen molar-refractivity contribution in [3.05, 3.63) is 0 Å². The molecular formula is C15H26ClN2O2-. The second-order valence-electron chi connectivity index (χ2n) is 7.26. The van der Waals surface area contributed by atoms with Crippen molar-refractivity contribution in [3.8, 4) is 0 Å². The third kappa shape index (κ3) is 3.40. The van der Waals surface area contributed by atoms with E-state index in [2.05, 4.69) is 5.32 Å². The predicted molar refractivity (Wildman–Crippen MR) is 73.9 cm³/mol. The highest BCUT2D eigenvalue weighted by molar-refractivity contribution is 5.68. The number of alkyl carbamates (subject to hydrolysis) is 1. The van der Waals surface area contributed by atoms with E-state index in [1.807, 2.05) is 19.0 Å². The van der Waals surface area contributed by atoms with Gasteiger partial charge >= 0.3 is 6.09 Å². The van der Waals surface area contributed by atoms with E-state index in [0.717, 1.165) is 24.3 Å². The summed E-state index contributed by atoms with van der Waals surface area (Å²) in [4.78, 5) is 14.0. The number of rotatable bonds is 4. The molecule has 4 bridgehead atoms. The number of nitrogens with one attached hydrogen (secondary N) is 1. The molecule has 4 rings (SSSR count). The van der Waals surface area contributed by atoms with Crippen LogP contribution in [0.5, 0.6) is 0 Å². The number of likely N-dealkylation sites (N-methyl/N-ethyl adjacent to an activating group) is 1. The first-order chi connectivity index (χ1) is 9.05. The second kappa shape index (κ2) is 6.10. The Kier molecular flexibility index (Phi) is 4.85. The Morgan fingerprint density at radius 3 is 2.10 bits per heavy atom. The highest BCUT2D eigenvalue weighted by atomic mass is 35.5. The van der Waals surface area contributed by atoms with Gasteiger partial charge < -0.3 is 27.4 Å². The van der Waals surface area contributed by atoms with E-state index in [9.17, 15) is 4.79 Å². The Morgan fingerprint density at radius 2 is 1.65 bits per heavy atom. The van der Waals surface area contributed by atoms with Crippen LogP contribution in [-0.2, 0) is 4.74 Å². The molecule has 1 amide bonds. The van der Waals surface area contributed by atoms with Crippen molar-refractivity contribution in [1.29, 1.82) is 0 Å². The zero-order chi connectivity index (χ0) is 13.5. The molecule has 0 heterocycles. The minimum Gasteiger partial charge on any atom is -1.00 e. The maximum atomic E-state index is 12.0. The van der Waals surface area contributed by atoms with Gasteiger partial charge in [0.1, 0.15) is 6.61 Å². The summed E-state index contributed by atoms with van der Waals surface area (Å²) >= 11 is 0. The molecule has 4 nitrogen and oxygen atoms in total. The van der Waals surface area contributed by atoms with E-state index in [0.29, 0.717) is 6.61 Å². The maximum Gasteiger partial charge on any atom is 0.407 e. The average molecular weight is 302 g/mol. The standard InChI is InChI=1S/C15H26N2O2.ClH/c1-17(2)3-4-19-14(18)16-15-8-11-5-12(9-15)7-13(6-11)10-15;/h11-13H,3-10H2,1-2H3,(H,16,18);1H/p-1. The summed E-state index contributed by atoms with van der Waals surface area (Å²) in [5.74, 6) is 2.56. The normalized spacial score (nSPS) is 37.6. The fourth-order valence-electron chi connectivity index (χ4n) is 4.84. The van der Waals surface area contributed by atoms with Crippen molar-refractivity contribution in [2.24, 2.45) is 17.8 Å². The molecule has 5 heteroatoms. The summed E-state index contributed by atoms with van der Waals surface area (Å²) in [6.07, 6.45) is 7.54. The van der Waals surface area contributed by atoms with Gasteiger partial charge in [-0.15, -0.1) is 0 Å². The summed E-state index contributed by atoms with van der Waals surface area (Å²) in [7, 11) is 3.97. The van der Waals surface area contributed by atoms with Gasteiger partial charge in [-0.3, -0.25) is 0 Å². The average Bonchev–Trinajstić information content (AvgIpc) is 2.25. The lowest BCUT2D eigenvalue weighted by atomic mass is 9.53. The fraction of sp³-hybridized carbons (Fsp3) is 0.933. The van der Waals surface area contributed by atoms with Crippen molar-refractivity contribution in [2.75, 3.05) is 27.2 Å². The van der Waals surface area contributed by atoms with Crippen LogP contribution in [0.25, 0.3) is 0 Å². The summed E-state index contributed by atoms with van der Waals surface area (Å²) in [5.41, 5.74) is 0.0734. The van der Waals surface area contributed by atoms with E-state index in [4.69, 9.17) is 4.74 Å². The molecule has 4 fully saturated rings. The van der Waals surface area contributed by atoms with Crippen molar-refractivity contribution < 1.29 is 21.9 Å². The molecule has 0 aliphatic heterocycles. The number of nitrogens with zero attached hydrogens (tertiary/aromatic N) is 1. The summed E-state index contributed by atoms with van der Waals surface area (Å²) in [6, 6.07) is 0. The Bertz CT molecular complexity index is 324. The molecule has 20 heavy (non-hydrogen) atoms. The van der Waals surface area contributed by atoms with Gasteiger partial charge in [0.25, 0.3) is 0 Å². The minimum atomic E-state index is -0.205. The number of hydrogen-bond donors (Lipinski definition) is 1. The Hall–Kier alpha value is -0.480. The Balaban J connectivity index is 0.00000147. The summed E-state index contributed by atoms with van der Waals surface area (Å²) in [5, 5.41) is 3.22. The van der Waals surface area contributed by atoms with Gasteiger partial charge in [0.05, 0.1) is 0 Å². The molecule has 0 radical (unpaired) electrons. The quantitative estimate of drug-likeness (QED) is 0.743. The molecule has 0 saturated heterocycles. The lowest BCUT2D eigenvalue weighted by Crippen LogP contribution is -3.00. The highest BCUT2D eigenvalue weighted by Crippen LogP contribution is 2.55. The lowest BCUT2D eigenvalue weighted by molar-refractivity contribution is -0.0193. The van der Waals surface area contributed by atoms with E-state index in [1.165, 1.54) is 38.5 Å². The van der Waals surface area contributed by atoms with Gasteiger partial charge in [0, 0.05) is 12.1 Å². The topological polar surface area (TPSA) is 41.6 Å². The van der Waals surface area contributed by atoms with Gasteiger partial charge in [-0.25, -0.2) is 4.79 Å². The zero-order valence-corrected chi connectivity index (χ0v) is 13.3. The first-order valence-corrected chi connectivity index (χ1v) is 7.64. The van der Waals surface area contributed by atoms with Crippen molar-refractivity contribution in [3.63, 3.8) is 0 Å². The third-order valence-corrected chi connectivity index (χ3v) is 5.18. The van der Waals surface area contributed by atoms with Gasteiger partial charge in [-0.1, -0.05) is 0 Å². The van der Waals surface area contributed by atoms with Crippen LogP contribution in [0.4, 0.5) is 4.79 Å². The molecule has 0 aromatic heterocycles. The van der Waals surface area contributed by atoms with E-state index < -0.39 is 0 Å². The molecule has 0 aromatic carbocycles. The van der Waals surface area contributed by atoms with E-state index >= 15 is 0 Å². The zero-order valence-electron chi connectivity index (χ0n) is 12.5. The number of carbonyl (C=O) groups excluding carboxylic acids is 1. The minimum absolute atomic E-state index is 0. The summed E-state index contributed by atoms with van der Waals surface area (Å²) < 4.78 is 5.30. The number of hydrogen-bond acceptors (Lipinski definition) is 3. The van der Waals surface area contributed by atoms with Gasteiger partial charge in [-0.2, -0.15) is 0 Å². The van der Waals surface area contributed by atoms with Crippen LogP contribution in [-0.4, -0.2) is 43.8 Å². The molecule has 4 saturated carbocycles. The van der Waals surface area contributed by atoms with Crippen LogP contribution < -0.4 is 17.7 Å². The van der Waals surface area contributed by atoms with Crippen LogP contribution in [0.1, 0.15) is 38.5 Å². The largest absolute Gasteiger partial charge is 1.00 e. The van der Waals surface area contributed by atoms with Crippen LogP contribution in [0.2, 0.25) is 0 Å². The number of amides is 1. The maximum absolute atomic E-state index is 12.0. The molecule has 0 unspecified atom stereocenters. The van der Waals surface area contributed by atoms with Crippen LogP contribution in [0.3, 0.4) is 0 Å². The van der Waals surface area contributed by atoms with Gasteiger partial charge in [0.2, 0.25) is 0 Å². The van der Waals surface area contributed by atoms with Gasteiger partial charge in [0.15, 0.2) is 0 Å². The van der Waals surface area contributed by atoms with Crippen molar-refractivity contribution in [1.82, 2.24) is 10.2 Å². The number of ether oxygens (including phenoxy) is 1. The predicted octanol–water partition coefficient (Wildman–Crippen LogP) is -0.753. The number of halogens is 1. The SMILES string of the molecule is CN(C)CCOC(=O)NC12CC3CC(CC(C3)C1)C2.[Cl-]. The third-order valence-electron chi connectivity index (χ3n) is 5.18. The first-order valence-electron chi connectivity index (χ1n) is 7.64. The van der Waals surface area contributed by atoms with Crippen LogP contribution in [0, 0.1) is 17.8 Å². The smallest absolute Gasteiger partial charge is 0.407 e. The van der Waals surface area contributed by atoms with Crippen LogP contribution >= 0.6 is 0 Å². The number of carbonyl (C=O) groups is 1. The molecule has 1 N–H and O–H groups in total. The van der Waals surface area contributed by atoms with Crippen molar-refractivity contribution >= 4 is 6.09 Å². The summed E-state index contributed by atoms with van der Waals surface area (Å²) in [6.45, 7) is 1.26. The molecule has 4 aliphatic carbocycles. The van der Waals surface area contributed by atoms with Crippen molar-refractivity contribution in [2.45, 2.75) is 44.1 Å². The lowest BCUT2D eigenvalue weighted by Gasteiger charge is -2.56. The van der Waals surface area contributed by atoms with Gasteiger partial charge in [-0.05, 0) is 70.4 Å². The molecule has 0 spiro atoms. The molecule has 0 aromatic rings. The van der Waals surface area contributed by atoms with E-state index in [1.54, 1.807) is 0 Å². The highest BCUT2D eigenvalue weighted by Gasteiger charge is 2.51. The monoisotopic (exact) mass is 301 g/mol. The molecular weight excluding hydrogens is 276 g/mol. The Morgan fingerprint density at radius 1 is 1.15 bits per heavy atom. The van der Waals surface area contributed by atoms with Crippen LogP contribution in [0.15, 0.2) is 0 Å². The fourth-order valence-corrected chi connectivity index (χ4v) is 4.84. The molecule has 4 aliphatic rings. The molecule has 0 atom stereocenters.